The van der Waals surface area contributed by atoms with Crippen LogP contribution in [-0.4, -0.2) is 28.2 Å². The number of fused-ring (bicyclic) bond motifs is 3. The van der Waals surface area contributed by atoms with Crippen LogP contribution in [0.25, 0.3) is 22.3 Å². The molecule has 2 heterocycles. The highest BCUT2D eigenvalue weighted by Gasteiger charge is 2.27. The van der Waals surface area contributed by atoms with E-state index in [9.17, 15) is 5.11 Å². The molecule has 2 aromatic carbocycles. The van der Waals surface area contributed by atoms with Crippen molar-refractivity contribution in [1.82, 2.24) is 9.97 Å². The molecule has 2 atom stereocenters. The minimum atomic E-state index is 0.198. The normalized spacial score (nSPS) is 22.4. The second-order valence-electron chi connectivity index (χ2n) is 8.89. The molecule has 1 N–H and O–H groups in total. The van der Waals surface area contributed by atoms with Gasteiger partial charge in [-0.2, -0.15) is 0 Å². The average molecular weight is 422 g/mol. The summed E-state index contributed by atoms with van der Waals surface area (Å²) in [5, 5.41) is 12.1. The lowest BCUT2D eigenvalue weighted by Crippen LogP contribution is -2.34. The molecule has 3 aromatic rings. The van der Waals surface area contributed by atoms with Crippen molar-refractivity contribution < 1.29 is 5.11 Å². The van der Waals surface area contributed by atoms with Gasteiger partial charge in [-0.25, -0.2) is 9.97 Å². The molecule has 1 aliphatic carbocycles. The van der Waals surface area contributed by atoms with E-state index in [0.29, 0.717) is 16.4 Å². The lowest BCUT2D eigenvalue weighted by atomic mass is 9.87. The maximum atomic E-state index is 10.4. The van der Waals surface area contributed by atoms with Crippen molar-refractivity contribution >= 4 is 28.3 Å². The fourth-order valence-corrected chi connectivity index (χ4v) is 5.44. The molecule has 2 unspecified atom stereocenters. The third-order valence-corrected chi connectivity index (χ3v) is 6.98. The maximum absolute atomic E-state index is 10.4. The summed E-state index contributed by atoms with van der Waals surface area (Å²) in [4.78, 5) is 12.2. The number of aromatic nitrogens is 2. The van der Waals surface area contributed by atoms with Crippen LogP contribution in [0.15, 0.2) is 42.5 Å². The monoisotopic (exact) mass is 421 g/mol. The number of benzene rings is 2. The van der Waals surface area contributed by atoms with E-state index in [1.165, 1.54) is 44.9 Å². The first-order chi connectivity index (χ1) is 14.7. The number of para-hydroxylation sites is 1. The summed E-state index contributed by atoms with van der Waals surface area (Å²) in [5.41, 5.74) is 1.48. The summed E-state index contributed by atoms with van der Waals surface area (Å²) < 4.78 is 0. The van der Waals surface area contributed by atoms with Gasteiger partial charge in [-0.3, -0.25) is 0 Å². The zero-order chi connectivity index (χ0) is 20.5. The summed E-state index contributed by atoms with van der Waals surface area (Å²) in [5.74, 6) is 3.35. The Morgan fingerprint density at radius 3 is 2.60 bits per heavy atom. The summed E-state index contributed by atoms with van der Waals surface area (Å²) in [6.07, 6.45) is 9.30. The first-order valence-electron chi connectivity index (χ1n) is 11.2. The van der Waals surface area contributed by atoms with Crippen molar-refractivity contribution in [3.8, 4) is 17.1 Å². The summed E-state index contributed by atoms with van der Waals surface area (Å²) >= 11 is 6.30. The number of aromatic hydroxyl groups is 1. The van der Waals surface area contributed by atoms with Gasteiger partial charge in [0.2, 0.25) is 0 Å². The van der Waals surface area contributed by atoms with Crippen LogP contribution >= 0.6 is 11.6 Å². The number of hydrogen-bond acceptors (Lipinski definition) is 4. The van der Waals surface area contributed by atoms with E-state index in [0.717, 1.165) is 41.6 Å². The summed E-state index contributed by atoms with van der Waals surface area (Å²) in [6, 6.07) is 13.1. The van der Waals surface area contributed by atoms with Crippen LogP contribution in [0.3, 0.4) is 0 Å². The molecule has 0 spiro atoms. The van der Waals surface area contributed by atoms with Crippen molar-refractivity contribution in [2.45, 2.75) is 44.9 Å². The Morgan fingerprint density at radius 2 is 1.73 bits per heavy atom. The number of rotatable bonds is 2. The lowest BCUT2D eigenvalue weighted by Gasteiger charge is -2.33. The first kappa shape index (κ1) is 19.6. The average Bonchev–Trinajstić information content (AvgIpc) is 2.97. The predicted octanol–water partition coefficient (Wildman–Crippen LogP) is 6.45. The van der Waals surface area contributed by atoms with Crippen LogP contribution in [0.4, 0.5) is 5.82 Å². The fraction of sp³-hybridized carbons (Fsp3) is 0.440. The Balaban J connectivity index is 1.61. The van der Waals surface area contributed by atoms with Crippen LogP contribution in [-0.2, 0) is 0 Å². The third-order valence-electron chi connectivity index (χ3n) is 6.74. The zero-order valence-electron chi connectivity index (χ0n) is 17.2. The Hall–Kier alpha value is -2.33. The molecule has 5 heteroatoms. The van der Waals surface area contributed by atoms with Gasteiger partial charge in [0.25, 0.3) is 0 Å². The number of nitrogens with zero attached hydrogens (tertiary/aromatic N) is 3. The Morgan fingerprint density at radius 1 is 0.933 bits per heavy atom. The van der Waals surface area contributed by atoms with Gasteiger partial charge in [-0.15, -0.1) is 0 Å². The molecule has 1 aromatic heterocycles. The van der Waals surface area contributed by atoms with E-state index >= 15 is 0 Å². The molecular weight excluding hydrogens is 394 g/mol. The minimum Gasteiger partial charge on any atom is -0.507 e. The Kier molecular flexibility index (Phi) is 5.51. The maximum Gasteiger partial charge on any atom is 0.165 e. The van der Waals surface area contributed by atoms with Gasteiger partial charge in [0.15, 0.2) is 5.82 Å². The molecule has 30 heavy (non-hydrogen) atoms. The summed E-state index contributed by atoms with van der Waals surface area (Å²) in [6.45, 7) is 2.06. The topological polar surface area (TPSA) is 49.3 Å². The van der Waals surface area contributed by atoms with Gasteiger partial charge in [-0.1, -0.05) is 43.0 Å². The Labute approximate surface area is 182 Å². The second kappa shape index (κ2) is 8.43. The highest BCUT2D eigenvalue weighted by atomic mass is 35.5. The smallest absolute Gasteiger partial charge is 0.165 e. The van der Waals surface area contributed by atoms with Gasteiger partial charge < -0.3 is 10.0 Å². The van der Waals surface area contributed by atoms with Gasteiger partial charge in [-0.05, 0) is 67.9 Å². The van der Waals surface area contributed by atoms with Crippen molar-refractivity contribution in [1.29, 1.82) is 0 Å². The number of halogens is 1. The molecule has 5 rings (SSSR count). The van der Waals surface area contributed by atoms with Crippen LogP contribution in [0.5, 0.6) is 5.75 Å². The van der Waals surface area contributed by atoms with Crippen molar-refractivity contribution in [3.63, 3.8) is 0 Å². The van der Waals surface area contributed by atoms with E-state index in [-0.39, 0.29) is 5.75 Å². The molecule has 2 aliphatic rings. The van der Waals surface area contributed by atoms with Gasteiger partial charge in [0.05, 0.1) is 11.1 Å². The minimum absolute atomic E-state index is 0.198. The third kappa shape index (κ3) is 3.98. The van der Waals surface area contributed by atoms with Crippen molar-refractivity contribution in [2.24, 2.45) is 11.8 Å². The zero-order valence-corrected chi connectivity index (χ0v) is 18.0. The molecule has 4 nitrogen and oxygen atoms in total. The van der Waals surface area contributed by atoms with Crippen molar-refractivity contribution in [2.75, 3.05) is 18.0 Å². The fourth-order valence-electron chi connectivity index (χ4n) is 5.28. The molecule has 156 valence electrons. The largest absolute Gasteiger partial charge is 0.507 e. The highest BCUT2D eigenvalue weighted by molar-refractivity contribution is 6.31. The van der Waals surface area contributed by atoms with Crippen molar-refractivity contribution in [3.05, 3.63) is 47.5 Å². The second-order valence-corrected chi connectivity index (χ2v) is 9.33. The van der Waals surface area contributed by atoms with Crippen LogP contribution in [0.1, 0.15) is 44.9 Å². The highest BCUT2D eigenvalue weighted by Crippen LogP contribution is 2.37. The number of phenols is 1. The lowest BCUT2D eigenvalue weighted by molar-refractivity contribution is 0.329. The van der Waals surface area contributed by atoms with E-state index in [2.05, 4.69) is 4.90 Å². The van der Waals surface area contributed by atoms with E-state index in [4.69, 9.17) is 21.6 Å². The van der Waals surface area contributed by atoms with E-state index in [1.54, 1.807) is 6.07 Å². The van der Waals surface area contributed by atoms with Crippen LogP contribution in [0, 0.1) is 11.8 Å². The standard InChI is InChI=1S/C25H28ClN3O/c26-19-11-12-20-22(15-19)27-24(21-9-3-4-10-23(21)30)28-25(20)29-13-5-8-17-6-1-2-7-18(14-17)16-29/h3-4,9-12,15,17-18,30H,1-2,5-8,13-14,16H2. The molecule has 0 amide bonds. The molecule has 1 aliphatic heterocycles. The molecule has 2 bridgehead atoms. The SMILES string of the molecule is Oc1ccccc1-c1nc(N2CCCC3CCCCC(C3)C2)c2ccc(Cl)cc2n1. The number of hydrogen-bond donors (Lipinski definition) is 1. The van der Waals surface area contributed by atoms with Crippen LogP contribution < -0.4 is 4.90 Å². The Bertz CT molecular complexity index is 1050. The van der Waals surface area contributed by atoms with Crippen LogP contribution in [0.2, 0.25) is 5.02 Å². The van der Waals surface area contributed by atoms with Gasteiger partial charge in [0, 0.05) is 23.5 Å². The quantitative estimate of drug-likeness (QED) is 0.516. The molecule has 1 saturated carbocycles. The molecule has 0 radical (unpaired) electrons. The van der Waals surface area contributed by atoms with Gasteiger partial charge in [0.1, 0.15) is 11.6 Å². The summed E-state index contributed by atoms with van der Waals surface area (Å²) in [7, 11) is 0. The number of phenolic OH excluding ortho intramolecular Hbond substituents is 1. The van der Waals surface area contributed by atoms with Gasteiger partial charge >= 0.3 is 0 Å². The predicted molar refractivity (Wildman–Crippen MR) is 123 cm³/mol. The van der Waals surface area contributed by atoms with E-state index < -0.39 is 0 Å². The van der Waals surface area contributed by atoms with E-state index in [1.807, 2.05) is 36.4 Å². The molecule has 1 saturated heterocycles. The first-order valence-corrected chi connectivity index (χ1v) is 11.6. The number of anilines is 1. The molecule has 2 fully saturated rings. The molecular formula is C25H28ClN3O.